The Morgan fingerprint density at radius 3 is 2.29 bits per heavy atom. The summed E-state index contributed by atoms with van der Waals surface area (Å²) < 4.78 is 12.7. The lowest BCUT2D eigenvalue weighted by Gasteiger charge is -2.00. The number of aromatic nitrogens is 1. The number of halogens is 3. The number of carbonyl (C=O) groups is 1. The van der Waals surface area contributed by atoms with Gasteiger partial charge in [0.25, 0.3) is 0 Å². The molecule has 0 aliphatic heterocycles. The predicted molar refractivity (Wildman–Crippen MR) is 65.4 cm³/mol. The van der Waals surface area contributed by atoms with Crippen LogP contribution in [0.5, 0.6) is 0 Å². The minimum atomic E-state index is -0.388. The number of H-pyrrole nitrogens is 1. The van der Waals surface area contributed by atoms with Crippen LogP contribution in [0.15, 0.2) is 24.3 Å². The van der Waals surface area contributed by atoms with Crippen LogP contribution in [0.3, 0.4) is 0 Å². The lowest BCUT2D eigenvalue weighted by atomic mass is 10.1. The molecule has 0 bridgehead atoms. The molecule has 17 heavy (non-hydrogen) atoms. The van der Waals surface area contributed by atoms with E-state index in [0.29, 0.717) is 21.8 Å². The molecule has 0 saturated carbocycles. The van der Waals surface area contributed by atoms with Gasteiger partial charge in [-0.25, -0.2) is 4.39 Å². The topological polar surface area (TPSA) is 32.9 Å². The molecule has 0 aliphatic carbocycles. The van der Waals surface area contributed by atoms with Crippen LogP contribution < -0.4 is 0 Å². The van der Waals surface area contributed by atoms with E-state index in [1.54, 1.807) is 6.92 Å². The third-order valence-electron chi connectivity index (χ3n) is 2.47. The van der Waals surface area contributed by atoms with Gasteiger partial charge in [0.2, 0.25) is 5.78 Å². The molecule has 2 nitrogen and oxygen atoms in total. The SMILES string of the molecule is Cc1c(C(=O)c2ccc(F)cc2)[nH]c(Cl)c1Cl. The van der Waals surface area contributed by atoms with Gasteiger partial charge in [0, 0.05) is 5.56 Å². The number of carbonyl (C=O) groups excluding carboxylic acids is 1. The second kappa shape index (κ2) is 4.51. The summed E-state index contributed by atoms with van der Waals surface area (Å²) in [5, 5.41) is 0.562. The molecule has 2 aromatic rings. The van der Waals surface area contributed by atoms with E-state index in [4.69, 9.17) is 23.2 Å². The van der Waals surface area contributed by atoms with Crippen molar-refractivity contribution in [1.29, 1.82) is 0 Å². The van der Waals surface area contributed by atoms with Gasteiger partial charge in [0.1, 0.15) is 11.0 Å². The normalized spacial score (nSPS) is 10.6. The van der Waals surface area contributed by atoms with Crippen molar-refractivity contribution in [3.8, 4) is 0 Å². The number of aromatic amines is 1. The average molecular weight is 272 g/mol. The molecule has 0 amide bonds. The van der Waals surface area contributed by atoms with Gasteiger partial charge < -0.3 is 4.98 Å². The Balaban J connectivity index is 2.44. The van der Waals surface area contributed by atoms with Crippen LogP contribution in [0.2, 0.25) is 10.2 Å². The second-order valence-corrected chi connectivity index (χ2v) is 4.34. The van der Waals surface area contributed by atoms with Crippen molar-refractivity contribution >= 4 is 29.0 Å². The summed E-state index contributed by atoms with van der Waals surface area (Å²) >= 11 is 11.7. The first-order valence-corrected chi connectivity index (χ1v) is 5.60. The first-order valence-electron chi connectivity index (χ1n) is 4.84. The van der Waals surface area contributed by atoms with Gasteiger partial charge in [-0.2, -0.15) is 0 Å². The Hall–Kier alpha value is -1.32. The Kier molecular flexibility index (Phi) is 3.22. The smallest absolute Gasteiger partial charge is 0.209 e. The second-order valence-electron chi connectivity index (χ2n) is 3.59. The van der Waals surface area contributed by atoms with Gasteiger partial charge in [-0.1, -0.05) is 23.2 Å². The predicted octanol–water partition coefficient (Wildman–Crippen LogP) is 4.00. The quantitative estimate of drug-likeness (QED) is 0.823. The van der Waals surface area contributed by atoms with Crippen LogP contribution in [0, 0.1) is 12.7 Å². The molecule has 0 aliphatic rings. The fourth-order valence-corrected chi connectivity index (χ4v) is 1.88. The van der Waals surface area contributed by atoms with E-state index >= 15 is 0 Å². The molecule has 0 saturated heterocycles. The molecule has 0 unspecified atom stereocenters. The number of ketones is 1. The summed E-state index contributed by atoms with van der Waals surface area (Å²) in [6.07, 6.45) is 0. The summed E-state index contributed by atoms with van der Waals surface area (Å²) in [5.74, 6) is -0.655. The van der Waals surface area contributed by atoms with Crippen LogP contribution in [0.1, 0.15) is 21.6 Å². The third-order valence-corrected chi connectivity index (χ3v) is 3.32. The maximum absolute atomic E-state index is 12.7. The number of hydrogen-bond acceptors (Lipinski definition) is 1. The average Bonchev–Trinajstić information content (AvgIpc) is 2.57. The first-order chi connectivity index (χ1) is 8.00. The van der Waals surface area contributed by atoms with E-state index in [2.05, 4.69) is 4.98 Å². The molecular formula is C12H8Cl2FNO. The Bertz CT molecular complexity index is 575. The van der Waals surface area contributed by atoms with Crippen molar-refractivity contribution in [2.24, 2.45) is 0 Å². The highest BCUT2D eigenvalue weighted by Gasteiger charge is 2.18. The first kappa shape index (κ1) is 12.1. The van der Waals surface area contributed by atoms with Gasteiger partial charge in [0.15, 0.2) is 0 Å². The van der Waals surface area contributed by atoms with E-state index in [-0.39, 0.29) is 16.8 Å². The molecule has 1 heterocycles. The fourth-order valence-electron chi connectivity index (χ4n) is 1.51. The van der Waals surface area contributed by atoms with E-state index in [0.717, 1.165) is 0 Å². The minimum Gasteiger partial charge on any atom is -0.341 e. The molecule has 1 aromatic carbocycles. The standard InChI is InChI=1S/C12H8Cl2FNO/c1-6-9(13)12(14)16-10(6)11(17)7-2-4-8(15)5-3-7/h2-5,16H,1H3. The van der Waals surface area contributed by atoms with Gasteiger partial charge in [0.05, 0.1) is 10.7 Å². The van der Waals surface area contributed by atoms with Crippen molar-refractivity contribution in [3.63, 3.8) is 0 Å². The summed E-state index contributed by atoms with van der Waals surface area (Å²) in [6.45, 7) is 1.70. The molecular weight excluding hydrogens is 264 g/mol. The Morgan fingerprint density at radius 2 is 1.82 bits per heavy atom. The van der Waals surface area contributed by atoms with Gasteiger partial charge in [-0.05, 0) is 36.8 Å². The maximum Gasteiger partial charge on any atom is 0.209 e. The van der Waals surface area contributed by atoms with Crippen LogP contribution in [-0.4, -0.2) is 10.8 Å². The Labute approximate surface area is 107 Å². The summed E-state index contributed by atoms with van der Waals surface area (Å²) in [5.41, 5.74) is 1.29. The van der Waals surface area contributed by atoms with E-state index in [9.17, 15) is 9.18 Å². The molecule has 5 heteroatoms. The number of rotatable bonds is 2. The molecule has 2 rings (SSSR count). The van der Waals surface area contributed by atoms with Crippen molar-refractivity contribution in [3.05, 3.63) is 57.1 Å². The summed E-state index contributed by atoms with van der Waals surface area (Å²) in [6, 6.07) is 5.29. The zero-order chi connectivity index (χ0) is 12.6. The number of nitrogens with one attached hydrogen (secondary N) is 1. The zero-order valence-electron chi connectivity index (χ0n) is 8.85. The van der Waals surface area contributed by atoms with E-state index in [1.165, 1.54) is 24.3 Å². The summed E-state index contributed by atoms with van der Waals surface area (Å²) in [7, 11) is 0. The monoisotopic (exact) mass is 271 g/mol. The lowest BCUT2D eigenvalue weighted by Crippen LogP contribution is -2.03. The summed E-state index contributed by atoms with van der Waals surface area (Å²) in [4.78, 5) is 14.8. The van der Waals surface area contributed by atoms with Crippen LogP contribution in [0.25, 0.3) is 0 Å². The third kappa shape index (κ3) is 2.21. The van der Waals surface area contributed by atoms with Gasteiger partial charge >= 0.3 is 0 Å². The minimum absolute atomic E-state index is 0.231. The largest absolute Gasteiger partial charge is 0.341 e. The van der Waals surface area contributed by atoms with Crippen molar-refractivity contribution < 1.29 is 9.18 Å². The maximum atomic E-state index is 12.7. The fraction of sp³-hybridized carbons (Fsp3) is 0.0833. The molecule has 1 aromatic heterocycles. The molecule has 0 fully saturated rings. The van der Waals surface area contributed by atoms with Crippen molar-refractivity contribution in [2.75, 3.05) is 0 Å². The molecule has 88 valence electrons. The van der Waals surface area contributed by atoms with Crippen molar-refractivity contribution in [1.82, 2.24) is 4.98 Å². The highest BCUT2D eigenvalue weighted by Crippen LogP contribution is 2.28. The molecule has 0 spiro atoms. The van der Waals surface area contributed by atoms with E-state index in [1.807, 2.05) is 0 Å². The number of benzene rings is 1. The van der Waals surface area contributed by atoms with Gasteiger partial charge in [-0.3, -0.25) is 4.79 Å². The van der Waals surface area contributed by atoms with Crippen LogP contribution in [0.4, 0.5) is 4.39 Å². The van der Waals surface area contributed by atoms with Crippen molar-refractivity contribution in [2.45, 2.75) is 6.92 Å². The molecule has 0 radical (unpaired) electrons. The lowest BCUT2D eigenvalue weighted by molar-refractivity contribution is 0.103. The van der Waals surface area contributed by atoms with Gasteiger partial charge in [-0.15, -0.1) is 0 Å². The highest BCUT2D eigenvalue weighted by atomic mass is 35.5. The molecule has 0 atom stereocenters. The zero-order valence-corrected chi connectivity index (χ0v) is 10.4. The Morgan fingerprint density at radius 1 is 1.24 bits per heavy atom. The van der Waals surface area contributed by atoms with Crippen LogP contribution in [-0.2, 0) is 0 Å². The van der Waals surface area contributed by atoms with Crippen LogP contribution >= 0.6 is 23.2 Å². The number of hydrogen-bond donors (Lipinski definition) is 1. The highest BCUT2D eigenvalue weighted by molar-refractivity contribution is 6.42. The molecule has 1 N–H and O–H groups in total. The van der Waals surface area contributed by atoms with E-state index < -0.39 is 0 Å².